The van der Waals surface area contributed by atoms with E-state index in [0.717, 1.165) is 16.7 Å². The lowest BCUT2D eigenvalue weighted by molar-refractivity contribution is -0.121. The highest BCUT2D eigenvalue weighted by Gasteiger charge is 2.11. The number of rotatable bonds is 5. The first kappa shape index (κ1) is 16.7. The van der Waals surface area contributed by atoms with Gasteiger partial charge >= 0.3 is 5.76 Å². The van der Waals surface area contributed by atoms with Crippen molar-refractivity contribution in [2.24, 2.45) is 0 Å². The molecular weight excluding hydrogens is 323 g/mol. The Morgan fingerprint density at radius 2 is 1.80 bits per heavy atom. The second-order valence-electron chi connectivity index (χ2n) is 5.76. The molecule has 0 radical (unpaired) electrons. The predicted octanol–water partition coefficient (Wildman–Crippen LogP) is 2.87. The number of nitrogens with zero attached hydrogens (tertiary/aromatic N) is 1. The summed E-state index contributed by atoms with van der Waals surface area (Å²) in [4.78, 5) is 23.9. The molecule has 1 heterocycles. The summed E-state index contributed by atoms with van der Waals surface area (Å²) in [6.45, 7) is 2.09. The Bertz CT molecular complexity index is 925. The van der Waals surface area contributed by atoms with Crippen molar-refractivity contribution in [3.05, 3.63) is 82.2 Å². The van der Waals surface area contributed by atoms with Gasteiger partial charge in [-0.2, -0.15) is 0 Å². The molecule has 128 valence electrons. The van der Waals surface area contributed by atoms with Crippen LogP contribution >= 0.6 is 0 Å². The zero-order valence-electron chi connectivity index (χ0n) is 13.7. The first-order valence-corrected chi connectivity index (χ1v) is 7.80. The molecule has 0 fully saturated rings. The highest BCUT2D eigenvalue weighted by molar-refractivity contribution is 5.75. The molecule has 0 unspecified atom stereocenters. The van der Waals surface area contributed by atoms with Gasteiger partial charge in [0.1, 0.15) is 12.4 Å². The molecule has 5 nitrogen and oxygen atoms in total. The van der Waals surface area contributed by atoms with E-state index in [2.05, 4.69) is 5.32 Å². The summed E-state index contributed by atoms with van der Waals surface area (Å²) in [5.41, 5.74) is 2.65. The zero-order chi connectivity index (χ0) is 17.8. The number of hydrogen-bond donors (Lipinski definition) is 1. The standard InChI is InChI=1S/C19H17FN2O3/c1-13-2-6-15(7-3-13)17-11-22(19(24)25-17)12-18(23)21-10-14-4-8-16(20)9-5-14/h2-9,11H,10,12H2,1H3,(H,21,23). The minimum Gasteiger partial charge on any atom is -0.408 e. The van der Waals surface area contributed by atoms with Gasteiger partial charge in [0, 0.05) is 12.1 Å². The summed E-state index contributed by atoms with van der Waals surface area (Å²) in [7, 11) is 0. The molecular formula is C19H17FN2O3. The molecule has 25 heavy (non-hydrogen) atoms. The van der Waals surface area contributed by atoms with Crippen LogP contribution in [0.25, 0.3) is 11.3 Å². The van der Waals surface area contributed by atoms with Crippen LogP contribution in [0.5, 0.6) is 0 Å². The van der Waals surface area contributed by atoms with Crippen LogP contribution < -0.4 is 11.1 Å². The Hall–Kier alpha value is -3.15. The third-order valence-electron chi connectivity index (χ3n) is 3.76. The van der Waals surface area contributed by atoms with Gasteiger partial charge in [0.15, 0.2) is 5.76 Å². The number of nitrogens with one attached hydrogen (secondary N) is 1. The minimum atomic E-state index is -0.590. The Balaban J connectivity index is 1.64. The summed E-state index contributed by atoms with van der Waals surface area (Å²) < 4.78 is 19.3. The minimum absolute atomic E-state index is 0.143. The molecule has 0 aliphatic heterocycles. The van der Waals surface area contributed by atoms with Crippen molar-refractivity contribution in [2.45, 2.75) is 20.0 Å². The Kier molecular flexibility index (Phi) is 4.79. The van der Waals surface area contributed by atoms with Gasteiger partial charge in [0.25, 0.3) is 0 Å². The lowest BCUT2D eigenvalue weighted by Gasteiger charge is -2.05. The van der Waals surface area contributed by atoms with E-state index in [-0.39, 0.29) is 24.8 Å². The third kappa shape index (κ3) is 4.23. The Morgan fingerprint density at radius 1 is 1.12 bits per heavy atom. The number of aromatic nitrogens is 1. The fourth-order valence-corrected chi connectivity index (χ4v) is 2.35. The molecule has 1 aromatic heterocycles. The molecule has 3 rings (SSSR count). The fraction of sp³-hybridized carbons (Fsp3) is 0.158. The molecule has 0 spiro atoms. The van der Waals surface area contributed by atoms with Gasteiger partial charge in [0.2, 0.25) is 5.91 Å². The van der Waals surface area contributed by atoms with Crippen molar-refractivity contribution >= 4 is 5.91 Å². The van der Waals surface area contributed by atoms with Crippen LogP contribution in [-0.2, 0) is 17.9 Å². The molecule has 0 saturated heterocycles. The smallest absolute Gasteiger partial charge is 0.408 e. The van der Waals surface area contributed by atoms with Crippen LogP contribution in [0.15, 0.2) is 63.9 Å². The number of oxazole rings is 1. The van der Waals surface area contributed by atoms with Crippen molar-refractivity contribution in [1.82, 2.24) is 9.88 Å². The van der Waals surface area contributed by atoms with E-state index < -0.39 is 5.76 Å². The van der Waals surface area contributed by atoms with Gasteiger partial charge in [-0.15, -0.1) is 0 Å². The van der Waals surface area contributed by atoms with Crippen molar-refractivity contribution in [1.29, 1.82) is 0 Å². The molecule has 2 aromatic carbocycles. The Labute approximate surface area is 143 Å². The van der Waals surface area contributed by atoms with Crippen LogP contribution in [0.4, 0.5) is 4.39 Å². The van der Waals surface area contributed by atoms with Crippen LogP contribution in [0.2, 0.25) is 0 Å². The third-order valence-corrected chi connectivity index (χ3v) is 3.76. The quantitative estimate of drug-likeness (QED) is 0.777. The van der Waals surface area contributed by atoms with Crippen LogP contribution in [-0.4, -0.2) is 10.5 Å². The first-order chi connectivity index (χ1) is 12.0. The lowest BCUT2D eigenvalue weighted by Crippen LogP contribution is -2.30. The number of carbonyl (C=O) groups excluding carboxylic acids is 1. The zero-order valence-corrected chi connectivity index (χ0v) is 13.7. The SMILES string of the molecule is Cc1ccc(-c2cn(CC(=O)NCc3ccc(F)cc3)c(=O)o2)cc1. The van der Waals surface area contributed by atoms with Crippen molar-refractivity contribution in [2.75, 3.05) is 0 Å². The maximum absolute atomic E-state index is 12.8. The number of amides is 1. The van der Waals surface area contributed by atoms with E-state index in [9.17, 15) is 14.0 Å². The summed E-state index contributed by atoms with van der Waals surface area (Å²) in [6, 6.07) is 13.4. The maximum atomic E-state index is 12.8. The predicted molar refractivity (Wildman–Crippen MR) is 91.4 cm³/mol. The van der Waals surface area contributed by atoms with Crippen LogP contribution in [0, 0.1) is 12.7 Å². The highest BCUT2D eigenvalue weighted by Crippen LogP contribution is 2.18. The van der Waals surface area contributed by atoms with Gasteiger partial charge in [-0.25, -0.2) is 9.18 Å². The molecule has 1 amide bonds. The average Bonchev–Trinajstić information content (AvgIpc) is 2.95. The van der Waals surface area contributed by atoms with Gasteiger partial charge in [-0.1, -0.05) is 42.0 Å². The van der Waals surface area contributed by atoms with E-state index >= 15 is 0 Å². The number of benzene rings is 2. The lowest BCUT2D eigenvalue weighted by atomic mass is 10.1. The fourth-order valence-electron chi connectivity index (χ4n) is 2.35. The Morgan fingerprint density at radius 3 is 2.48 bits per heavy atom. The van der Waals surface area contributed by atoms with Gasteiger partial charge in [0.05, 0.1) is 6.20 Å². The number of hydrogen-bond acceptors (Lipinski definition) is 3. The highest BCUT2D eigenvalue weighted by atomic mass is 19.1. The van der Waals surface area contributed by atoms with Gasteiger partial charge in [-0.05, 0) is 24.6 Å². The summed E-state index contributed by atoms with van der Waals surface area (Å²) >= 11 is 0. The largest absolute Gasteiger partial charge is 0.419 e. The molecule has 6 heteroatoms. The van der Waals surface area contributed by atoms with E-state index in [1.165, 1.54) is 22.9 Å². The molecule has 0 aliphatic rings. The second-order valence-corrected chi connectivity index (χ2v) is 5.76. The number of aryl methyl sites for hydroxylation is 1. The summed E-state index contributed by atoms with van der Waals surface area (Å²) in [5, 5.41) is 2.69. The van der Waals surface area contributed by atoms with Gasteiger partial charge < -0.3 is 9.73 Å². The second kappa shape index (κ2) is 7.17. The van der Waals surface area contributed by atoms with Crippen molar-refractivity contribution in [3.63, 3.8) is 0 Å². The number of carbonyl (C=O) groups is 1. The normalized spacial score (nSPS) is 10.6. The van der Waals surface area contributed by atoms with Crippen molar-refractivity contribution in [3.8, 4) is 11.3 Å². The average molecular weight is 340 g/mol. The molecule has 0 saturated carbocycles. The van der Waals surface area contributed by atoms with Crippen LogP contribution in [0.1, 0.15) is 11.1 Å². The first-order valence-electron chi connectivity index (χ1n) is 7.80. The van der Waals surface area contributed by atoms with E-state index in [1.54, 1.807) is 12.1 Å². The van der Waals surface area contributed by atoms with E-state index in [4.69, 9.17) is 4.42 Å². The topological polar surface area (TPSA) is 64.2 Å². The van der Waals surface area contributed by atoms with Crippen molar-refractivity contribution < 1.29 is 13.6 Å². The van der Waals surface area contributed by atoms with E-state index in [0.29, 0.717) is 5.76 Å². The summed E-state index contributed by atoms with van der Waals surface area (Å²) in [5.74, 6) is -0.838. The molecule has 0 aliphatic carbocycles. The van der Waals surface area contributed by atoms with Gasteiger partial charge in [-0.3, -0.25) is 9.36 Å². The monoisotopic (exact) mass is 340 g/mol. The molecule has 1 N–H and O–H groups in total. The number of halogens is 1. The maximum Gasteiger partial charge on any atom is 0.419 e. The van der Waals surface area contributed by atoms with E-state index in [1.807, 2.05) is 31.2 Å². The molecule has 0 atom stereocenters. The van der Waals surface area contributed by atoms with Crippen LogP contribution in [0.3, 0.4) is 0 Å². The molecule has 0 bridgehead atoms. The summed E-state index contributed by atoms with van der Waals surface area (Å²) in [6.07, 6.45) is 1.52. The molecule has 3 aromatic rings.